The zero-order chi connectivity index (χ0) is 19.8. The predicted octanol–water partition coefficient (Wildman–Crippen LogP) is 3.29. The van der Waals surface area contributed by atoms with Crippen molar-refractivity contribution >= 4 is 33.2 Å². The van der Waals surface area contributed by atoms with Crippen LogP contribution in [0.4, 0.5) is 4.39 Å². The third-order valence-electron chi connectivity index (χ3n) is 4.75. The SMILES string of the molecule is Cc1nn(C)c(Cl)c1S(=O)(=O)NCC(c1c(F)cccc1Cl)N1CCCC1. The minimum absolute atomic E-state index is 0.0202. The third-order valence-corrected chi connectivity index (χ3v) is 7.20. The lowest BCUT2D eigenvalue weighted by molar-refractivity contribution is 0.241. The van der Waals surface area contributed by atoms with Gasteiger partial charge in [0, 0.05) is 24.2 Å². The van der Waals surface area contributed by atoms with Gasteiger partial charge in [-0.05, 0) is 45.0 Å². The number of halogens is 3. The molecule has 1 atom stereocenters. The summed E-state index contributed by atoms with van der Waals surface area (Å²) in [6.07, 6.45) is 1.95. The summed E-state index contributed by atoms with van der Waals surface area (Å²) in [5, 5.41) is 4.35. The standard InChI is InChI=1S/C17H21Cl2FN4O2S/c1-11-16(17(19)23(2)22-11)27(25,26)21-10-14(24-8-3-4-9-24)15-12(18)6-5-7-13(15)20/h5-7,14,21H,3-4,8-10H2,1-2H3. The molecule has 1 aromatic carbocycles. The van der Waals surface area contributed by atoms with E-state index in [2.05, 4.69) is 9.82 Å². The van der Waals surface area contributed by atoms with E-state index in [0.717, 1.165) is 25.9 Å². The zero-order valence-corrected chi connectivity index (χ0v) is 17.4. The van der Waals surface area contributed by atoms with Gasteiger partial charge >= 0.3 is 0 Å². The minimum Gasteiger partial charge on any atom is -0.295 e. The Hall–Kier alpha value is -1.19. The van der Waals surface area contributed by atoms with Gasteiger partial charge in [-0.2, -0.15) is 5.10 Å². The number of aryl methyl sites for hydroxylation is 2. The van der Waals surface area contributed by atoms with E-state index >= 15 is 0 Å². The molecule has 1 N–H and O–H groups in total. The summed E-state index contributed by atoms with van der Waals surface area (Å²) in [5.41, 5.74) is 0.606. The first-order valence-electron chi connectivity index (χ1n) is 8.59. The number of sulfonamides is 1. The van der Waals surface area contributed by atoms with Gasteiger partial charge in [-0.25, -0.2) is 17.5 Å². The van der Waals surface area contributed by atoms with Crippen LogP contribution < -0.4 is 4.72 Å². The lowest BCUT2D eigenvalue weighted by Gasteiger charge is -2.29. The van der Waals surface area contributed by atoms with Gasteiger partial charge in [0.05, 0.1) is 11.7 Å². The predicted molar refractivity (Wildman–Crippen MR) is 103 cm³/mol. The van der Waals surface area contributed by atoms with Crippen molar-refractivity contribution in [2.24, 2.45) is 7.05 Å². The maximum absolute atomic E-state index is 14.5. The number of likely N-dealkylation sites (tertiary alicyclic amines) is 1. The van der Waals surface area contributed by atoms with E-state index in [1.54, 1.807) is 20.0 Å². The summed E-state index contributed by atoms with van der Waals surface area (Å²) in [6.45, 7) is 3.06. The quantitative estimate of drug-likeness (QED) is 0.757. The van der Waals surface area contributed by atoms with Crippen LogP contribution >= 0.6 is 23.2 Å². The smallest absolute Gasteiger partial charge is 0.245 e. The van der Waals surface area contributed by atoms with Crippen LogP contribution in [0.15, 0.2) is 23.1 Å². The van der Waals surface area contributed by atoms with Crippen LogP contribution in [0.5, 0.6) is 0 Å². The lowest BCUT2D eigenvalue weighted by atomic mass is 10.0. The summed E-state index contributed by atoms with van der Waals surface area (Å²) >= 11 is 12.3. The summed E-state index contributed by atoms with van der Waals surface area (Å²) in [7, 11) is -2.35. The van der Waals surface area contributed by atoms with Crippen molar-refractivity contribution in [2.45, 2.75) is 30.7 Å². The number of nitrogens with one attached hydrogen (secondary N) is 1. The minimum atomic E-state index is -3.92. The number of hydrogen-bond donors (Lipinski definition) is 1. The van der Waals surface area contributed by atoms with E-state index in [9.17, 15) is 12.8 Å². The Morgan fingerprint density at radius 3 is 2.52 bits per heavy atom. The average molecular weight is 435 g/mol. The van der Waals surface area contributed by atoms with E-state index < -0.39 is 21.9 Å². The molecule has 27 heavy (non-hydrogen) atoms. The van der Waals surface area contributed by atoms with Crippen LogP contribution in [0, 0.1) is 12.7 Å². The van der Waals surface area contributed by atoms with Crippen molar-refractivity contribution in [3.63, 3.8) is 0 Å². The number of hydrogen-bond acceptors (Lipinski definition) is 4. The molecule has 0 spiro atoms. The van der Waals surface area contributed by atoms with Gasteiger partial charge in [-0.15, -0.1) is 0 Å². The highest BCUT2D eigenvalue weighted by atomic mass is 35.5. The second-order valence-corrected chi connectivity index (χ2v) is 9.04. The number of aromatic nitrogens is 2. The monoisotopic (exact) mass is 434 g/mol. The van der Waals surface area contributed by atoms with E-state index in [1.807, 2.05) is 4.90 Å². The van der Waals surface area contributed by atoms with Crippen LogP contribution in [-0.2, 0) is 17.1 Å². The van der Waals surface area contributed by atoms with E-state index in [1.165, 1.54) is 16.8 Å². The average Bonchev–Trinajstić information content (AvgIpc) is 3.19. The molecule has 2 aromatic rings. The first-order chi connectivity index (χ1) is 12.7. The van der Waals surface area contributed by atoms with Crippen molar-refractivity contribution in [2.75, 3.05) is 19.6 Å². The van der Waals surface area contributed by atoms with Crippen molar-refractivity contribution in [1.29, 1.82) is 0 Å². The van der Waals surface area contributed by atoms with E-state index in [4.69, 9.17) is 23.2 Å². The van der Waals surface area contributed by atoms with Gasteiger partial charge in [0.1, 0.15) is 15.9 Å². The Morgan fingerprint density at radius 1 is 1.30 bits per heavy atom. The van der Waals surface area contributed by atoms with Gasteiger partial charge in [-0.1, -0.05) is 29.3 Å². The number of rotatable bonds is 6. The fourth-order valence-corrected chi connectivity index (χ4v) is 5.55. The zero-order valence-electron chi connectivity index (χ0n) is 15.0. The van der Waals surface area contributed by atoms with E-state index in [0.29, 0.717) is 11.3 Å². The van der Waals surface area contributed by atoms with Crippen molar-refractivity contribution < 1.29 is 12.8 Å². The second kappa shape index (κ2) is 8.05. The van der Waals surface area contributed by atoms with Crippen molar-refractivity contribution in [3.8, 4) is 0 Å². The normalized spacial score (nSPS) is 16.8. The van der Waals surface area contributed by atoms with E-state index in [-0.39, 0.29) is 21.6 Å². The Balaban J connectivity index is 1.91. The molecule has 1 aliphatic heterocycles. The molecule has 148 valence electrons. The molecule has 2 heterocycles. The fraction of sp³-hybridized carbons (Fsp3) is 0.471. The number of benzene rings is 1. The molecular formula is C17H21Cl2FN4O2S. The maximum Gasteiger partial charge on any atom is 0.245 e. The summed E-state index contributed by atoms with van der Waals surface area (Å²) < 4.78 is 44.0. The van der Waals surface area contributed by atoms with Crippen LogP contribution in [0.25, 0.3) is 0 Å². The Kier molecular flexibility index (Phi) is 6.12. The number of nitrogens with zero attached hydrogens (tertiary/aromatic N) is 3. The molecule has 0 amide bonds. The van der Waals surface area contributed by atoms with Crippen LogP contribution in [0.2, 0.25) is 10.2 Å². The van der Waals surface area contributed by atoms with Crippen LogP contribution in [0.3, 0.4) is 0 Å². The fourth-order valence-electron chi connectivity index (χ4n) is 3.47. The third kappa shape index (κ3) is 4.14. The molecule has 1 aromatic heterocycles. The van der Waals surface area contributed by atoms with Crippen LogP contribution in [-0.4, -0.2) is 42.7 Å². The molecule has 1 unspecified atom stereocenters. The Morgan fingerprint density at radius 2 is 1.96 bits per heavy atom. The summed E-state index contributed by atoms with van der Waals surface area (Å²) in [5.74, 6) is -0.450. The van der Waals surface area contributed by atoms with Gasteiger partial charge in [-0.3, -0.25) is 9.58 Å². The molecule has 0 aliphatic carbocycles. The topological polar surface area (TPSA) is 67.2 Å². The van der Waals surface area contributed by atoms with Gasteiger partial charge in [0.15, 0.2) is 0 Å². The molecule has 3 rings (SSSR count). The molecule has 1 fully saturated rings. The Labute approximate surface area is 168 Å². The summed E-state index contributed by atoms with van der Waals surface area (Å²) in [4.78, 5) is 1.98. The van der Waals surface area contributed by atoms with Crippen molar-refractivity contribution in [1.82, 2.24) is 19.4 Å². The highest BCUT2D eigenvalue weighted by Crippen LogP contribution is 2.32. The molecule has 0 saturated carbocycles. The summed E-state index contributed by atoms with van der Waals surface area (Å²) in [6, 6.07) is 3.97. The molecule has 1 saturated heterocycles. The molecule has 0 radical (unpaired) electrons. The van der Waals surface area contributed by atoms with Gasteiger partial charge in [0.25, 0.3) is 0 Å². The molecule has 1 aliphatic rings. The second-order valence-electron chi connectivity index (χ2n) is 6.58. The highest BCUT2D eigenvalue weighted by molar-refractivity contribution is 7.89. The van der Waals surface area contributed by atoms with Crippen molar-refractivity contribution in [3.05, 3.63) is 45.4 Å². The largest absolute Gasteiger partial charge is 0.295 e. The van der Waals surface area contributed by atoms with Crippen LogP contribution in [0.1, 0.15) is 30.1 Å². The molecule has 0 bridgehead atoms. The molecule has 10 heteroatoms. The molecule has 6 nitrogen and oxygen atoms in total. The van der Waals surface area contributed by atoms with Gasteiger partial charge in [0.2, 0.25) is 10.0 Å². The maximum atomic E-state index is 14.5. The Bertz CT molecular complexity index is 922. The first-order valence-corrected chi connectivity index (χ1v) is 10.8. The molecular weight excluding hydrogens is 414 g/mol. The van der Waals surface area contributed by atoms with Gasteiger partial charge < -0.3 is 0 Å². The first kappa shape index (κ1) is 20.5. The lowest BCUT2D eigenvalue weighted by Crippen LogP contribution is -2.37. The highest BCUT2D eigenvalue weighted by Gasteiger charge is 2.31.